The lowest BCUT2D eigenvalue weighted by atomic mass is 10.1. The molecule has 18 heavy (non-hydrogen) atoms. The van der Waals surface area contributed by atoms with Crippen LogP contribution in [0.5, 0.6) is 5.75 Å². The van der Waals surface area contributed by atoms with E-state index in [4.69, 9.17) is 10.5 Å². The number of rotatable bonds is 3. The Balaban J connectivity index is 2.37. The van der Waals surface area contributed by atoms with Crippen molar-refractivity contribution in [3.63, 3.8) is 0 Å². The lowest BCUT2D eigenvalue weighted by Crippen LogP contribution is -2.06. The first-order chi connectivity index (χ1) is 8.47. The van der Waals surface area contributed by atoms with Crippen LogP contribution in [0, 0.1) is 6.92 Å². The quantitative estimate of drug-likeness (QED) is 0.904. The summed E-state index contributed by atoms with van der Waals surface area (Å²) < 4.78 is 7.51. The van der Waals surface area contributed by atoms with Gasteiger partial charge in [0, 0.05) is 18.7 Å². The van der Waals surface area contributed by atoms with E-state index < -0.39 is 0 Å². The van der Waals surface area contributed by atoms with E-state index in [2.05, 4.69) is 11.2 Å². The molecule has 4 heteroatoms. The molecule has 0 atom stereocenters. The number of benzene rings is 1. The van der Waals surface area contributed by atoms with Crippen molar-refractivity contribution in [3.8, 4) is 17.0 Å². The maximum Gasteiger partial charge on any atom is 0.146 e. The molecule has 0 saturated heterocycles. The molecule has 0 aliphatic rings. The fourth-order valence-corrected chi connectivity index (χ4v) is 1.95. The van der Waals surface area contributed by atoms with Crippen molar-refractivity contribution in [2.45, 2.75) is 26.9 Å². The number of nitrogens with zero attached hydrogens (tertiary/aromatic N) is 2. The van der Waals surface area contributed by atoms with Gasteiger partial charge in [0.15, 0.2) is 0 Å². The van der Waals surface area contributed by atoms with Crippen molar-refractivity contribution in [3.05, 3.63) is 29.8 Å². The fraction of sp³-hybridized carbons (Fsp3) is 0.357. The van der Waals surface area contributed by atoms with Crippen LogP contribution in [-0.4, -0.2) is 15.9 Å². The molecule has 0 spiro atoms. The first kappa shape index (κ1) is 12.5. The zero-order chi connectivity index (χ0) is 13.3. The molecule has 2 N–H and O–H groups in total. The maximum atomic E-state index is 5.72. The molecule has 96 valence electrons. The second-order valence-corrected chi connectivity index (χ2v) is 4.72. The summed E-state index contributed by atoms with van der Waals surface area (Å²) in [6, 6.07) is 7.99. The van der Waals surface area contributed by atoms with E-state index in [-0.39, 0.29) is 6.10 Å². The van der Waals surface area contributed by atoms with Gasteiger partial charge in [-0.3, -0.25) is 4.68 Å². The Morgan fingerprint density at radius 1 is 1.28 bits per heavy atom. The molecule has 1 heterocycles. The third-order valence-corrected chi connectivity index (χ3v) is 2.73. The summed E-state index contributed by atoms with van der Waals surface area (Å²) in [5.41, 5.74) is 8.91. The molecule has 0 radical (unpaired) electrons. The van der Waals surface area contributed by atoms with Gasteiger partial charge in [0.25, 0.3) is 0 Å². The molecule has 0 bridgehead atoms. The van der Waals surface area contributed by atoms with Crippen LogP contribution in [0.1, 0.15) is 19.4 Å². The first-order valence-corrected chi connectivity index (χ1v) is 6.04. The van der Waals surface area contributed by atoms with Crippen molar-refractivity contribution < 1.29 is 4.74 Å². The summed E-state index contributed by atoms with van der Waals surface area (Å²) in [6.45, 7) is 6.09. The van der Waals surface area contributed by atoms with Gasteiger partial charge in [0.2, 0.25) is 0 Å². The minimum atomic E-state index is 0.182. The molecule has 2 rings (SSSR count). The van der Waals surface area contributed by atoms with E-state index in [1.807, 2.05) is 46.0 Å². The Labute approximate surface area is 107 Å². The van der Waals surface area contributed by atoms with E-state index in [9.17, 15) is 0 Å². The molecule has 1 aromatic carbocycles. The number of ether oxygens (including phenoxy) is 1. The minimum Gasteiger partial charge on any atom is -0.491 e. The van der Waals surface area contributed by atoms with Crippen LogP contribution < -0.4 is 10.5 Å². The Hall–Kier alpha value is -1.97. The zero-order valence-electron chi connectivity index (χ0n) is 11.3. The van der Waals surface area contributed by atoms with Gasteiger partial charge in [-0.25, -0.2) is 0 Å². The highest BCUT2D eigenvalue weighted by Crippen LogP contribution is 2.27. The van der Waals surface area contributed by atoms with Gasteiger partial charge in [-0.1, -0.05) is 0 Å². The molecule has 0 amide bonds. The van der Waals surface area contributed by atoms with Crippen molar-refractivity contribution in [2.75, 3.05) is 5.73 Å². The van der Waals surface area contributed by atoms with Crippen LogP contribution >= 0.6 is 0 Å². The monoisotopic (exact) mass is 245 g/mol. The number of nitrogens with two attached hydrogens (primary N) is 1. The highest BCUT2D eigenvalue weighted by molar-refractivity contribution is 5.65. The van der Waals surface area contributed by atoms with Gasteiger partial charge in [0.1, 0.15) is 11.6 Å². The van der Waals surface area contributed by atoms with Gasteiger partial charge in [-0.05, 0) is 44.5 Å². The molecule has 4 nitrogen and oxygen atoms in total. The Kier molecular flexibility index (Phi) is 3.28. The first-order valence-electron chi connectivity index (χ1n) is 6.04. The van der Waals surface area contributed by atoms with E-state index >= 15 is 0 Å². The van der Waals surface area contributed by atoms with Crippen molar-refractivity contribution in [1.29, 1.82) is 0 Å². The summed E-state index contributed by atoms with van der Waals surface area (Å²) in [5.74, 6) is 1.46. The third-order valence-electron chi connectivity index (χ3n) is 2.73. The molecular weight excluding hydrogens is 226 g/mol. The molecule has 0 fully saturated rings. The van der Waals surface area contributed by atoms with Crippen molar-refractivity contribution in [1.82, 2.24) is 9.78 Å². The summed E-state index contributed by atoms with van der Waals surface area (Å²) in [4.78, 5) is 0. The van der Waals surface area contributed by atoms with Gasteiger partial charge in [-0.15, -0.1) is 0 Å². The highest BCUT2D eigenvalue weighted by Gasteiger charge is 2.08. The smallest absolute Gasteiger partial charge is 0.146 e. The van der Waals surface area contributed by atoms with Crippen LogP contribution in [0.3, 0.4) is 0 Å². The number of nitrogen functional groups attached to an aromatic ring is 1. The number of hydrogen-bond donors (Lipinski definition) is 1. The lowest BCUT2D eigenvalue weighted by Gasteiger charge is -2.13. The van der Waals surface area contributed by atoms with Gasteiger partial charge >= 0.3 is 0 Å². The van der Waals surface area contributed by atoms with Crippen LogP contribution in [-0.2, 0) is 7.05 Å². The molecule has 0 saturated carbocycles. The number of aromatic nitrogens is 2. The van der Waals surface area contributed by atoms with E-state index in [0.717, 1.165) is 22.6 Å². The molecule has 0 unspecified atom stereocenters. The minimum absolute atomic E-state index is 0.182. The van der Waals surface area contributed by atoms with Crippen LogP contribution in [0.15, 0.2) is 24.3 Å². The van der Waals surface area contributed by atoms with Gasteiger partial charge in [0.05, 0.1) is 11.8 Å². The molecule has 1 aromatic heterocycles. The third kappa shape index (κ3) is 2.47. The van der Waals surface area contributed by atoms with Crippen molar-refractivity contribution >= 4 is 5.82 Å². The molecule has 0 aliphatic heterocycles. The standard InChI is InChI=1S/C14H19N3O/c1-9(2)18-13-6-5-11(7-10(13)3)12-8-14(15)16-17(12)4/h5-9H,1-4H3,(H2,15,16). The second-order valence-electron chi connectivity index (χ2n) is 4.72. The van der Waals surface area contributed by atoms with Gasteiger partial charge < -0.3 is 10.5 Å². The zero-order valence-corrected chi connectivity index (χ0v) is 11.3. The van der Waals surface area contributed by atoms with Gasteiger partial charge in [-0.2, -0.15) is 5.10 Å². The maximum absolute atomic E-state index is 5.72. The van der Waals surface area contributed by atoms with E-state index in [0.29, 0.717) is 5.82 Å². The average molecular weight is 245 g/mol. The topological polar surface area (TPSA) is 53.1 Å². The van der Waals surface area contributed by atoms with Crippen LogP contribution in [0.2, 0.25) is 0 Å². The van der Waals surface area contributed by atoms with E-state index in [1.54, 1.807) is 4.68 Å². The lowest BCUT2D eigenvalue weighted by molar-refractivity contribution is 0.241. The largest absolute Gasteiger partial charge is 0.491 e. The summed E-state index contributed by atoms with van der Waals surface area (Å²) in [6.07, 6.45) is 0.182. The fourth-order valence-electron chi connectivity index (χ4n) is 1.95. The highest BCUT2D eigenvalue weighted by atomic mass is 16.5. The second kappa shape index (κ2) is 4.72. The van der Waals surface area contributed by atoms with Crippen molar-refractivity contribution in [2.24, 2.45) is 7.05 Å². The Bertz CT molecular complexity index is 558. The number of anilines is 1. The predicted octanol–water partition coefficient (Wildman–Crippen LogP) is 2.76. The molecular formula is C14H19N3O. The molecule has 2 aromatic rings. The average Bonchev–Trinajstić information content (AvgIpc) is 2.60. The van der Waals surface area contributed by atoms with E-state index in [1.165, 1.54) is 0 Å². The summed E-state index contributed by atoms with van der Waals surface area (Å²) in [7, 11) is 1.89. The van der Waals surface area contributed by atoms with Crippen LogP contribution in [0.4, 0.5) is 5.82 Å². The number of aryl methyl sites for hydroxylation is 2. The Morgan fingerprint density at radius 2 is 2.00 bits per heavy atom. The van der Waals surface area contributed by atoms with Crippen LogP contribution in [0.25, 0.3) is 11.3 Å². The summed E-state index contributed by atoms with van der Waals surface area (Å²) >= 11 is 0. The molecule has 0 aliphatic carbocycles. The summed E-state index contributed by atoms with van der Waals surface area (Å²) in [5, 5.41) is 4.15. The number of hydrogen-bond acceptors (Lipinski definition) is 3. The normalized spacial score (nSPS) is 10.9. The predicted molar refractivity (Wildman–Crippen MR) is 73.6 cm³/mol. The Morgan fingerprint density at radius 3 is 2.50 bits per heavy atom. The SMILES string of the molecule is Cc1cc(-c2cc(N)nn2C)ccc1OC(C)C.